The van der Waals surface area contributed by atoms with Gasteiger partial charge < -0.3 is 45.1 Å². The summed E-state index contributed by atoms with van der Waals surface area (Å²) in [5, 5.41) is 19.7. The van der Waals surface area contributed by atoms with Gasteiger partial charge in [0.05, 0.1) is 34.6 Å². The molecule has 0 radical (unpaired) electrons. The highest BCUT2D eigenvalue weighted by molar-refractivity contribution is 6.33. The van der Waals surface area contributed by atoms with Crippen molar-refractivity contribution in [3.8, 4) is 5.75 Å². The first kappa shape index (κ1) is 43.4. The highest BCUT2D eigenvalue weighted by Gasteiger charge is 2.50. The van der Waals surface area contributed by atoms with Gasteiger partial charge in [0.25, 0.3) is 23.3 Å². The number of amides is 4. The van der Waals surface area contributed by atoms with Crippen molar-refractivity contribution >= 4 is 69.3 Å². The van der Waals surface area contributed by atoms with Crippen LogP contribution in [0.1, 0.15) is 79.1 Å². The molecule has 338 valence electrons. The molecular formula is C45H52ClFN10O7. The van der Waals surface area contributed by atoms with E-state index in [4.69, 9.17) is 21.3 Å². The molecule has 0 saturated carbocycles. The van der Waals surface area contributed by atoms with Crippen LogP contribution in [0.2, 0.25) is 5.02 Å². The maximum atomic E-state index is 16.5. The summed E-state index contributed by atoms with van der Waals surface area (Å²) in [4.78, 5) is 80.7. The quantitative estimate of drug-likeness (QED) is 0.158. The number of benzene rings is 2. The summed E-state index contributed by atoms with van der Waals surface area (Å²) in [6, 6.07) is 11.4. The van der Waals surface area contributed by atoms with E-state index in [1.165, 1.54) is 13.2 Å². The summed E-state index contributed by atoms with van der Waals surface area (Å²) >= 11 is 6.58. The van der Waals surface area contributed by atoms with Crippen molar-refractivity contribution < 1.29 is 33.4 Å². The second-order valence-corrected chi connectivity index (χ2v) is 18.5. The van der Waals surface area contributed by atoms with Gasteiger partial charge in [-0.2, -0.15) is 4.98 Å². The molecule has 4 aromatic rings. The number of carbonyl (C=O) groups excluding carboxylic acids is 4. The normalized spacial score (nSPS) is 21.9. The van der Waals surface area contributed by atoms with Crippen molar-refractivity contribution in [2.45, 2.75) is 76.4 Å². The van der Waals surface area contributed by atoms with Gasteiger partial charge in [0.1, 0.15) is 16.9 Å². The number of halogens is 2. The average molecular weight is 899 g/mol. The zero-order valence-corrected chi connectivity index (χ0v) is 36.8. The largest absolute Gasteiger partial charge is 0.478 e. The number of aliphatic hydroxyl groups is 1. The molecule has 0 aliphatic carbocycles. The number of nitrogens with zero attached hydrogens (tertiary/aromatic N) is 7. The van der Waals surface area contributed by atoms with Crippen LogP contribution in [0.4, 0.5) is 27.5 Å². The predicted molar refractivity (Wildman–Crippen MR) is 238 cm³/mol. The molecule has 4 saturated heterocycles. The lowest BCUT2D eigenvalue weighted by atomic mass is 9.71. The number of pyridine rings is 1. The van der Waals surface area contributed by atoms with E-state index in [1.807, 2.05) is 43.0 Å². The second-order valence-electron chi connectivity index (χ2n) is 18.1. The molecule has 5 aliphatic heterocycles. The number of likely N-dealkylation sites (tertiary alicyclic amines) is 1. The van der Waals surface area contributed by atoms with E-state index >= 15 is 4.39 Å². The van der Waals surface area contributed by atoms with Crippen LogP contribution in [0.15, 0.2) is 53.5 Å². The molecule has 4 amide bonds. The zero-order chi connectivity index (χ0) is 45.1. The Hall–Kier alpha value is -5.85. The van der Waals surface area contributed by atoms with Gasteiger partial charge in [0.15, 0.2) is 18.2 Å². The van der Waals surface area contributed by atoms with Gasteiger partial charge in [-0.1, -0.05) is 17.7 Å². The molecule has 64 heavy (non-hydrogen) atoms. The predicted octanol–water partition coefficient (Wildman–Crippen LogP) is 4.00. The molecule has 2 aromatic heterocycles. The van der Waals surface area contributed by atoms with E-state index in [1.54, 1.807) is 22.8 Å². The van der Waals surface area contributed by atoms with Crippen molar-refractivity contribution in [3.05, 3.63) is 75.2 Å². The molecular weight excluding hydrogens is 847 g/mol. The third kappa shape index (κ3) is 8.11. The van der Waals surface area contributed by atoms with Crippen LogP contribution in [0, 0.1) is 5.41 Å². The summed E-state index contributed by atoms with van der Waals surface area (Å²) in [5.74, 6) is -0.703. The number of ether oxygens (including phenoxy) is 1. The molecule has 5 aliphatic rings. The van der Waals surface area contributed by atoms with Gasteiger partial charge >= 0.3 is 0 Å². The smallest absolute Gasteiger partial charge is 0.293 e. The van der Waals surface area contributed by atoms with Crippen molar-refractivity contribution in [1.29, 1.82) is 0 Å². The van der Waals surface area contributed by atoms with Gasteiger partial charge in [-0.15, -0.1) is 0 Å². The topological polar surface area (TPSA) is 195 Å². The molecule has 19 heteroatoms. The van der Waals surface area contributed by atoms with E-state index in [0.717, 1.165) is 43.9 Å². The lowest BCUT2D eigenvalue weighted by Crippen LogP contribution is -2.61. The highest BCUT2D eigenvalue weighted by atomic mass is 35.5. The molecule has 4 N–H and O–H groups in total. The number of anilines is 4. The molecule has 0 bridgehead atoms. The Kier molecular flexibility index (Phi) is 11.5. The molecule has 17 nitrogen and oxygen atoms in total. The van der Waals surface area contributed by atoms with Crippen molar-refractivity contribution in [1.82, 2.24) is 35.0 Å². The van der Waals surface area contributed by atoms with Crippen LogP contribution in [0.3, 0.4) is 0 Å². The molecule has 9 rings (SSSR count). The SMILES string of the molecule is CNC(=O)COc1cc2cc(Nc3nc(N4CCC(F)(CN5CCC6(CC5)CN(c5cccc7c5C(=O)N(C5CCC(=O)NC5O)C7=O)C6)CC4)ncc3Cl)ccc2n(C(C)C)c1=O. The number of aromatic nitrogens is 3. The number of piperidine rings is 3. The first-order valence-corrected chi connectivity index (χ1v) is 22.2. The third-order valence-corrected chi connectivity index (χ3v) is 13.8. The van der Waals surface area contributed by atoms with E-state index in [-0.39, 0.29) is 54.0 Å². The molecule has 7 heterocycles. The van der Waals surface area contributed by atoms with Crippen LogP contribution >= 0.6 is 11.6 Å². The Morgan fingerprint density at radius 2 is 1.77 bits per heavy atom. The van der Waals surface area contributed by atoms with Crippen LogP contribution in [0.5, 0.6) is 5.75 Å². The molecule has 4 fully saturated rings. The second kappa shape index (κ2) is 16.9. The monoisotopic (exact) mass is 898 g/mol. The van der Waals surface area contributed by atoms with E-state index in [9.17, 15) is 29.1 Å². The third-order valence-electron chi connectivity index (χ3n) is 13.5. The summed E-state index contributed by atoms with van der Waals surface area (Å²) in [6.07, 6.45) is 2.96. The summed E-state index contributed by atoms with van der Waals surface area (Å²) < 4.78 is 23.7. The number of imide groups is 1. The van der Waals surface area contributed by atoms with Gasteiger partial charge in [0.2, 0.25) is 11.9 Å². The van der Waals surface area contributed by atoms with Gasteiger partial charge in [-0.3, -0.25) is 28.9 Å². The Bertz CT molecular complexity index is 2580. The number of fused-ring (bicyclic) bond motifs is 2. The Morgan fingerprint density at radius 3 is 2.47 bits per heavy atom. The van der Waals surface area contributed by atoms with Crippen LogP contribution < -0.4 is 36.0 Å². The number of rotatable bonds is 11. The lowest BCUT2D eigenvalue weighted by Gasteiger charge is -2.55. The van der Waals surface area contributed by atoms with E-state index < -0.39 is 29.8 Å². The van der Waals surface area contributed by atoms with E-state index in [0.29, 0.717) is 82.7 Å². The summed E-state index contributed by atoms with van der Waals surface area (Å²) in [7, 11) is 1.50. The fraction of sp³-hybridized carbons (Fsp3) is 0.489. The highest BCUT2D eigenvalue weighted by Crippen LogP contribution is 2.46. The van der Waals surface area contributed by atoms with Gasteiger partial charge in [0, 0.05) is 81.6 Å². The van der Waals surface area contributed by atoms with Crippen molar-refractivity contribution in [2.24, 2.45) is 5.41 Å². The number of carbonyl (C=O) groups is 4. The fourth-order valence-electron chi connectivity index (χ4n) is 9.96. The van der Waals surface area contributed by atoms with E-state index in [2.05, 4.69) is 30.7 Å². The fourth-order valence-corrected chi connectivity index (χ4v) is 10.1. The van der Waals surface area contributed by atoms with Gasteiger partial charge in [-0.25, -0.2) is 9.37 Å². The number of hydrogen-bond acceptors (Lipinski definition) is 13. The number of aliphatic hydroxyl groups excluding tert-OH is 1. The number of hydrogen-bond donors (Lipinski definition) is 4. The average Bonchev–Trinajstić information content (AvgIpc) is 3.51. The number of alkyl halides is 1. The molecule has 1 spiro atoms. The van der Waals surface area contributed by atoms with Crippen molar-refractivity contribution in [2.75, 3.05) is 74.6 Å². The standard InChI is InChI=1S/C45H52ClFN10O7/c1-26(2)56-31-8-7-28(19-27(31)20-34(41(56)62)64-22-36(59)48-3)50-38-30(46)21-49-43(52-38)54-17-13-45(47,14-18-54)25-53-15-11-44(12-16-53)23-55(24-44)32-6-4-5-29-37(32)42(63)57(40(29)61)33-9-10-35(58)51-39(33)60/h4-8,19-21,26,33,39,60H,9-18,22-25H2,1-3H3,(H,48,59)(H,51,58)(H,49,50,52). The molecule has 2 atom stereocenters. The lowest BCUT2D eigenvalue weighted by molar-refractivity contribution is -0.129. The first-order valence-electron chi connectivity index (χ1n) is 21.9. The van der Waals surface area contributed by atoms with Crippen LogP contribution in [-0.4, -0.2) is 130 Å². The Balaban J connectivity index is 0.792. The summed E-state index contributed by atoms with van der Waals surface area (Å²) in [6.45, 7) is 7.69. The Labute approximate surface area is 373 Å². The van der Waals surface area contributed by atoms with Gasteiger partial charge in [-0.05, 0) is 82.6 Å². The minimum atomic E-state index is -1.37. The van der Waals surface area contributed by atoms with Crippen LogP contribution in [-0.2, 0) is 9.59 Å². The maximum Gasteiger partial charge on any atom is 0.293 e. The minimum absolute atomic E-state index is 0.0351. The Morgan fingerprint density at radius 1 is 1.02 bits per heavy atom. The maximum absolute atomic E-state index is 16.5. The summed E-state index contributed by atoms with van der Waals surface area (Å²) in [5.41, 5.74) is 1.04. The number of likely N-dealkylation sites (N-methyl/N-ethyl adjacent to an activating group) is 1. The number of nitrogens with one attached hydrogen (secondary N) is 3. The molecule has 2 aromatic carbocycles. The molecule has 2 unspecified atom stereocenters. The van der Waals surface area contributed by atoms with Crippen LogP contribution in [0.25, 0.3) is 10.9 Å². The minimum Gasteiger partial charge on any atom is -0.478 e. The first-order chi connectivity index (χ1) is 30.6. The zero-order valence-electron chi connectivity index (χ0n) is 36.0. The van der Waals surface area contributed by atoms with Crippen molar-refractivity contribution in [3.63, 3.8) is 0 Å².